The Labute approximate surface area is 97.5 Å². The number of ketones is 1. The molecule has 0 saturated carbocycles. The van der Waals surface area contributed by atoms with Crippen molar-refractivity contribution in [2.24, 2.45) is 10.9 Å². The number of nitrogens with zero attached hydrogens (tertiary/aromatic N) is 1. The monoisotopic (exact) mass is 242 g/mol. The maximum absolute atomic E-state index is 11.3. The molecule has 0 aromatic heterocycles. The Morgan fingerprint density at radius 2 is 2.31 bits per heavy atom. The minimum Gasteiger partial charge on any atom is -0.485 e. The molecule has 0 aliphatic carbocycles. The molecule has 0 fully saturated rings. The first-order valence-electron chi connectivity index (χ1n) is 4.44. The van der Waals surface area contributed by atoms with Gasteiger partial charge in [0.1, 0.15) is 12.4 Å². The standard InChI is InChI=1S/C10H11ClN2O3/c1-6(14)8-4-7(11)2-3-9(8)16-5-10(12)13-15/h2-4,15H,5H2,1H3,(H2,12,13). The fraction of sp³-hybridized carbons (Fsp3) is 0.200. The van der Waals surface area contributed by atoms with Crippen LogP contribution in [0.4, 0.5) is 0 Å². The molecular formula is C10H11ClN2O3. The van der Waals surface area contributed by atoms with Gasteiger partial charge in [0.25, 0.3) is 0 Å². The molecule has 0 unspecified atom stereocenters. The summed E-state index contributed by atoms with van der Waals surface area (Å²) in [6.07, 6.45) is 0. The van der Waals surface area contributed by atoms with Crippen molar-refractivity contribution >= 4 is 23.2 Å². The normalized spacial score (nSPS) is 11.2. The van der Waals surface area contributed by atoms with Crippen LogP contribution in [0.15, 0.2) is 23.4 Å². The number of halogens is 1. The Bertz CT molecular complexity index is 432. The lowest BCUT2D eigenvalue weighted by atomic mass is 10.1. The molecule has 0 spiro atoms. The average molecular weight is 243 g/mol. The van der Waals surface area contributed by atoms with Gasteiger partial charge in [-0.1, -0.05) is 16.8 Å². The first-order valence-corrected chi connectivity index (χ1v) is 4.82. The van der Waals surface area contributed by atoms with Gasteiger partial charge in [-0.15, -0.1) is 0 Å². The van der Waals surface area contributed by atoms with Crippen LogP contribution >= 0.6 is 11.6 Å². The number of amidine groups is 1. The summed E-state index contributed by atoms with van der Waals surface area (Å²) in [6.45, 7) is 1.31. The van der Waals surface area contributed by atoms with E-state index >= 15 is 0 Å². The van der Waals surface area contributed by atoms with Gasteiger partial charge in [0.05, 0.1) is 5.56 Å². The second-order valence-corrected chi connectivity index (χ2v) is 3.51. The predicted molar refractivity (Wildman–Crippen MR) is 60.4 cm³/mol. The Morgan fingerprint density at radius 1 is 1.62 bits per heavy atom. The highest BCUT2D eigenvalue weighted by Crippen LogP contribution is 2.23. The topological polar surface area (TPSA) is 84.9 Å². The third-order valence-electron chi connectivity index (χ3n) is 1.82. The number of Topliss-reactive ketones (excluding diaryl/α,β-unsaturated/α-hetero) is 1. The Hall–Kier alpha value is -1.75. The summed E-state index contributed by atoms with van der Waals surface area (Å²) in [5, 5.41) is 11.5. The van der Waals surface area contributed by atoms with E-state index in [1.807, 2.05) is 0 Å². The molecule has 1 aromatic carbocycles. The number of oxime groups is 1. The number of ether oxygens (including phenoxy) is 1. The second kappa shape index (κ2) is 5.37. The number of hydrogen-bond acceptors (Lipinski definition) is 4. The number of carbonyl (C=O) groups is 1. The van der Waals surface area contributed by atoms with Gasteiger partial charge in [0.15, 0.2) is 11.6 Å². The number of carbonyl (C=O) groups excluding carboxylic acids is 1. The fourth-order valence-electron chi connectivity index (χ4n) is 1.08. The quantitative estimate of drug-likeness (QED) is 0.277. The van der Waals surface area contributed by atoms with Crippen molar-refractivity contribution in [3.63, 3.8) is 0 Å². The van der Waals surface area contributed by atoms with Crippen molar-refractivity contribution < 1.29 is 14.7 Å². The average Bonchev–Trinajstić information content (AvgIpc) is 2.26. The smallest absolute Gasteiger partial charge is 0.177 e. The lowest BCUT2D eigenvalue weighted by molar-refractivity contribution is 0.101. The summed E-state index contributed by atoms with van der Waals surface area (Å²) in [7, 11) is 0. The molecule has 0 atom stereocenters. The van der Waals surface area contributed by atoms with Crippen LogP contribution in [0.25, 0.3) is 0 Å². The van der Waals surface area contributed by atoms with E-state index in [2.05, 4.69) is 5.16 Å². The molecule has 0 radical (unpaired) electrons. The summed E-state index contributed by atoms with van der Waals surface area (Å²) >= 11 is 5.75. The summed E-state index contributed by atoms with van der Waals surface area (Å²) in [5.41, 5.74) is 5.60. The van der Waals surface area contributed by atoms with Crippen LogP contribution in [0.5, 0.6) is 5.75 Å². The van der Waals surface area contributed by atoms with E-state index in [0.717, 1.165) is 0 Å². The van der Waals surface area contributed by atoms with E-state index in [9.17, 15) is 4.79 Å². The van der Waals surface area contributed by atoms with E-state index in [-0.39, 0.29) is 18.2 Å². The molecule has 0 aliphatic rings. The Morgan fingerprint density at radius 3 is 2.88 bits per heavy atom. The zero-order chi connectivity index (χ0) is 12.1. The summed E-state index contributed by atoms with van der Waals surface area (Å²) in [6, 6.07) is 4.66. The van der Waals surface area contributed by atoms with E-state index in [1.165, 1.54) is 13.0 Å². The molecular weight excluding hydrogens is 232 g/mol. The highest BCUT2D eigenvalue weighted by molar-refractivity contribution is 6.31. The molecule has 0 saturated heterocycles. The van der Waals surface area contributed by atoms with Gasteiger partial charge in [-0.2, -0.15) is 0 Å². The summed E-state index contributed by atoms with van der Waals surface area (Å²) < 4.78 is 5.21. The number of hydrogen-bond donors (Lipinski definition) is 2. The summed E-state index contributed by atoms with van der Waals surface area (Å²) in [4.78, 5) is 11.3. The van der Waals surface area contributed by atoms with Crippen molar-refractivity contribution in [1.29, 1.82) is 0 Å². The van der Waals surface area contributed by atoms with Gasteiger partial charge in [-0.05, 0) is 25.1 Å². The van der Waals surface area contributed by atoms with Crippen LogP contribution < -0.4 is 10.5 Å². The second-order valence-electron chi connectivity index (χ2n) is 3.08. The number of benzene rings is 1. The van der Waals surface area contributed by atoms with E-state index in [1.54, 1.807) is 12.1 Å². The fourth-order valence-corrected chi connectivity index (χ4v) is 1.26. The predicted octanol–water partition coefficient (Wildman–Crippen LogP) is 1.67. The van der Waals surface area contributed by atoms with Crippen LogP contribution in [-0.2, 0) is 0 Å². The highest BCUT2D eigenvalue weighted by Gasteiger charge is 2.09. The van der Waals surface area contributed by atoms with Gasteiger partial charge in [-0.25, -0.2) is 0 Å². The van der Waals surface area contributed by atoms with Crippen molar-refractivity contribution in [2.75, 3.05) is 6.61 Å². The van der Waals surface area contributed by atoms with Crippen LogP contribution in [0.3, 0.4) is 0 Å². The first kappa shape index (κ1) is 12.3. The lowest BCUT2D eigenvalue weighted by Crippen LogP contribution is -2.21. The number of nitrogens with two attached hydrogens (primary N) is 1. The van der Waals surface area contributed by atoms with Crippen LogP contribution in [-0.4, -0.2) is 23.4 Å². The van der Waals surface area contributed by atoms with Gasteiger partial charge >= 0.3 is 0 Å². The lowest BCUT2D eigenvalue weighted by Gasteiger charge is -2.09. The Balaban J connectivity index is 2.91. The summed E-state index contributed by atoms with van der Waals surface area (Å²) in [5.74, 6) is 0.102. The minimum atomic E-state index is -0.169. The molecule has 1 rings (SSSR count). The van der Waals surface area contributed by atoms with Crippen molar-refractivity contribution in [3.05, 3.63) is 28.8 Å². The molecule has 0 heterocycles. The number of rotatable bonds is 4. The molecule has 0 aliphatic heterocycles. The van der Waals surface area contributed by atoms with Gasteiger partial charge in [-0.3, -0.25) is 4.79 Å². The minimum absolute atomic E-state index is 0.0792. The van der Waals surface area contributed by atoms with Gasteiger partial charge in [0, 0.05) is 5.02 Å². The Kier molecular flexibility index (Phi) is 4.13. The zero-order valence-electron chi connectivity index (χ0n) is 8.61. The molecule has 1 aromatic rings. The van der Waals surface area contributed by atoms with Crippen molar-refractivity contribution in [3.8, 4) is 5.75 Å². The van der Waals surface area contributed by atoms with Crippen LogP contribution in [0, 0.1) is 0 Å². The van der Waals surface area contributed by atoms with Crippen molar-refractivity contribution in [1.82, 2.24) is 0 Å². The zero-order valence-corrected chi connectivity index (χ0v) is 9.36. The molecule has 86 valence electrons. The van der Waals surface area contributed by atoms with E-state index in [4.69, 9.17) is 27.3 Å². The molecule has 3 N–H and O–H groups in total. The molecule has 0 bridgehead atoms. The van der Waals surface area contributed by atoms with E-state index < -0.39 is 0 Å². The molecule has 6 heteroatoms. The SMILES string of the molecule is CC(=O)c1cc(Cl)ccc1OCC(N)=NO. The first-order chi connectivity index (χ1) is 7.54. The maximum atomic E-state index is 11.3. The maximum Gasteiger partial charge on any atom is 0.177 e. The van der Waals surface area contributed by atoms with Crippen molar-refractivity contribution in [2.45, 2.75) is 6.92 Å². The van der Waals surface area contributed by atoms with Crippen LogP contribution in [0.2, 0.25) is 5.02 Å². The highest BCUT2D eigenvalue weighted by atomic mass is 35.5. The van der Waals surface area contributed by atoms with Gasteiger partial charge in [0.2, 0.25) is 0 Å². The molecule has 5 nitrogen and oxygen atoms in total. The van der Waals surface area contributed by atoms with E-state index in [0.29, 0.717) is 16.3 Å². The third kappa shape index (κ3) is 3.13. The van der Waals surface area contributed by atoms with Crippen LogP contribution in [0.1, 0.15) is 17.3 Å². The third-order valence-corrected chi connectivity index (χ3v) is 2.06. The largest absolute Gasteiger partial charge is 0.485 e. The van der Waals surface area contributed by atoms with Gasteiger partial charge < -0.3 is 15.7 Å². The molecule has 0 amide bonds. The molecule has 16 heavy (non-hydrogen) atoms.